The fourth-order valence-electron chi connectivity index (χ4n) is 3.69. The third kappa shape index (κ3) is 5.11. The average Bonchev–Trinajstić information content (AvgIpc) is 3.44. The maximum absolute atomic E-state index is 14.6. The van der Waals surface area contributed by atoms with Crippen molar-refractivity contribution < 1.29 is 21.7 Å². The lowest BCUT2D eigenvalue weighted by Crippen LogP contribution is -2.35. The number of hydrogen-bond acceptors (Lipinski definition) is 8. The highest BCUT2D eigenvalue weighted by molar-refractivity contribution is 7.90. The van der Waals surface area contributed by atoms with E-state index in [0.717, 1.165) is 6.20 Å². The van der Waals surface area contributed by atoms with Crippen molar-refractivity contribution in [1.82, 2.24) is 29.6 Å². The second-order valence-corrected chi connectivity index (χ2v) is 10.5. The third-order valence-electron chi connectivity index (χ3n) is 5.79. The van der Waals surface area contributed by atoms with Gasteiger partial charge in [-0.2, -0.15) is 5.10 Å². The Morgan fingerprint density at radius 3 is 2.69 bits per heavy atom. The molecular formula is C23H23F2N7O3S. The second kappa shape index (κ2) is 9.74. The number of aromatic nitrogens is 5. The van der Waals surface area contributed by atoms with Gasteiger partial charge in [0.2, 0.25) is 10.0 Å². The summed E-state index contributed by atoms with van der Waals surface area (Å²) >= 11 is 0. The van der Waals surface area contributed by atoms with E-state index < -0.39 is 15.8 Å². The molecular weight excluding hydrogens is 492 g/mol. The largest absolute Gasteiger partial charge is 0.364 e. The van der Waals surface area contributed by atoms with Gasteiger partial charge in [-0.25, -0.2) is 31.9 Å². The van der Waals surface area contributed by atoms with E-state index in [4.69, 9.17) is 4.52 Å². The molecule has 3 heterocycles. The van der Waals surface area contributed by atoms with E-state index in [1.54, 1.807) is 42.1 Å². The Labute approximate surface area is 206 Å². The number of likely N-dealkylation sites (N-methyl/N-ethyl adjacent to an activating group) is 1. The van der Waals surface area contributed by atoms with Crippen LogP contribution in [0.1, 0.15) is 18.4 Å². The molecule has 1 aliphatic carbocycles. The van der Waals surface area contributed by atoms with E-state index in [0.29, 0.717) is 35.5 Å². The Morgan fingerprint density at radius 1 is 1.17 bits per heavy atom. The Hall–Kier alpha value is -3.71. The van der Waals surface area contributed by atoms with Gasteiger partial charge in [0, 0.05) is 31.8 Å². The lowest BCUT2D eigenvalue weighted by molar-refractivity contribution is 0.421. The van der Waals surface area contributed by atoms with Crippen LogP contribution in [0.5, 0.6) is 0 Å². The number of hydrogen-bond donors (Lipinski definition) is 1. The fourth-order valence-corrected chi connectivity index (χ4v) is 5.06. The zero-order valence-electron chi connectivity index (χ0n) is 19.3. The molecule has 1 aliphatic rings. The SMILES string of the molecule is CN(CCNS(=O)(=O)C1CC1)c1nc(-c2cc(-c3ccon3)n(Cc3ccccc3F)n2)ncc1F. The summed E-state index contributed by atoms with van der Waals surface area (Å²) in [6.07, 6.45) is 3.77. The highest BCUT2D eigenvalue weighted by Gasteiger charge is 2.35. The second-order valence-electron chi connectivity index (χ2n) is 8.47. The number of nitrogens with one attached hydrogen (secondary N) is 1. The third-order valence-corrected chi connectivity index (χ3v) is 7.74. The molecule has 0 spiro atoms. The van der Waals surface area contributed by atoms with Crippen molar-refractivity contribution in [3.05, 3.63) is 66.1 Å². The fraction of sp³-hybridized carbons (Fsp3) is 0.304. The average molecular weight is 516 g/mol. The summed E-state index contributed by atoms with van der Waals surface area (Å²) in [6.45, 7) is 0.427. The smallest absolute Gasteiger partial charge is 0.214 e. The number of benzene rings is 1. The molecule has 1 saturated carbocycles. The molecule has 5 rings (SSSR count). The predicted molar refractivity (Wildman–Crippen MR) is 127 cm³/mol. The van der Waals surface area contributed by atoms with E-state index in [1.165, 1.54) is 17.2 Å². The first-order valence-corrected chi connectivity index (χ1v) is 12.8. The van der Waals surface area contributed by atoms with Crippen LogP contribution in [0.15, 0.2) is 53.4 Å². The highest BCUT2D eigenvalue weighted by Crippen LogP contribution is 2.28. The van der Waals surface area contributed by atoms with Crippen molar-refractivity contribution in [2.75, 3.05) is 25.0 Å². The highest BCUT2D eigenvalue weighted by atomic mass is 32.2. The van der Waals surface area contributed by atoms with Gasteiger partial charge in [-0.3, -0.25) is 4.68 Å². The molecule has 4 aromatic rings. The molecule has 13 heteroatoms. The van der Waals surface area contributed by atoms with E-state index in [2.05, 4.69) is 24.9 Å². The van der Waals surface area contributed by atoms with Crippen LogP contribution in [0.4, 0.5) is 14.6 Å². The van der Waals surface area contributed by atoms with Crippen molar-refractivity contribution in [2.24, 2.45) is 0 Å². The molecule has 1 aromatic carbocycles. The van der Waals surface area contributed by atoms with Crippen molar-refractivity contribution >= 4 is 15.8 Å². The lowest BCUT2D eigenvalue weighted by Gasteiger charge is -2.19. The molecule has 0 amide bonds. The number of anilines is 1. The van der Waals surface area contributed by atoms with E-state index in [9.17, 15) is 17.2 Å². The van der Waals surface area contributed by atoms with Crippen molar-refractivity contribution in [2.45, 2.75) is 24.6 Å². The van der Waals surface area contributed by atoms with E-state index in [-0.39, 0.29) is 42.3 Å². The summed E-state index contributed by atoms with van der Waals surface area (Å²) in [5.74, 6) is -0.889. The molecule has 0 bridgehead atoms. The van der Waals surface area contributed by atoms with Crippen LogP contribution in [-0.2, 0) is 16.6 Å². The molecule has 1 fully saturated rings. The molecule has 3 aromatic heterocycles. The topological polar surface area (TPSA) is 119 Å². The Bertz CT molecular complexity index is 1470. The van der Waals surface area contributed by atoms with Gasteiger partial charge in [0.1, 0.15) is 23.5 Å². The van der Waals surface area contributed by atoms with Gasteiger partial charge >= 0.3 is 0 Å². The molecule has 1 N–H and O–H groups in total. The van der Waals surface area contributed by atoms with Crippen LogP contribution in [0.25, 0.3) is 22.9 Å². The van der Waals surface area contributed by atoms with Crippen LogP contribution in [0.3, 0.4) is 0 Å². The molecule has 10 nitrogen and oxygen atoms in total. The van der Waals surface area contributed by atoms with Crippen LogP contribution < -0.4 is 9.62 Å². The monoisotopic (exact) mass is 515 g/mol. The summed E-state index contributed by atoms with van der Waals surface area (Å²) in [5.41, 5.74) is 1.77. The predicted octanol–water partition coefficient (Wildman–Crippen LogP) is 2.84. The zero-order chi connectivity index (χ0) is 25.3. The zero-order valence-corrected chi connectivity index (χ0v) is 20.1. The quantitative estimate of drug-likeness (QED) is 0.343. The van der Waals surface area contributed by atoms with Crippen LogP contribution in [0, 0.1) is 11.6 Å². The van der Waals surface area contributed by atoms with Crippen molar-refractivity contribution in [3.63, 3.8) is 0 Å². The maximum atomic E-state index is 14.6. The number of halogens is 2. The Balaban J connectivity index is 1.41. The molecule has 0 saturated heterocycles. The van der Waals surface area contributed by atoms with Gasteiger partial charge in [0.05, 0.1) is 23.7 Å². The van der Waals surface area contributed by atoms with Gasteiger partial charge in [-0.1, -0.05) is 23.4 Å². The first kappa shape index (κ1) is 24.0. The summed E-state index contributed by atoms with van der Waals surface area (Å²) < 4.78 is 62.0. The Kier molecular flexibility index (Phi) is 6.49. The summed E-state index contributed by atoms with van der Waals surface area (Å²) in [7, 11) is -1.73. The molecule has 188 valence electrons. The molecule has 0 atom stereocenters. The standard InChI is InChI=1S/C23H23F2N7O3S/c1-31(10-9-27-36(33,34)16-6-7-16)23-18(25)13-26-22(28-23)20-12-21(19-8-11-35-30-19)32(29-20)14-15-4-2-3-5-17(15)24/h2-5,8,11-13,16,27H,6-7,9-10,14H2,1H3. The number of nitrogens with zero attached hydrogens (tertiary/aromatic N) is 6. The summed E-state index contributed by atoms with van der Waals surface area (Å²) in [6, 6.07) is 9.67. The van der Waals surface area contributed by atoms with Gasteiger partial charge in [-0.15, -0.1) is 0 Å². The number of rotatable bonds is 10. The van der Waals surface area contributed by atoms with Crippen molar-refractivity contribution in [1.29, 1.82) is 0 Å². The Morgan fingerprint density at radius 2 is 1.97 bits per heavy atom. The van der Waals surface area contributed by atoms with Gasteiger partial charge < -0.3 is 9.42 Å². The summed E-state index contributed by atoms with van der Waals surface area (Å²) in [4.78, 5) is 9.92. The van der Waals surface area contributed by atoms with E-state index in [1.807, 2.05) is 0 Å². The van der Waals surface area contributed by atoms with Crippen LogP contribution >= 0.6 is 0 Å². The number of sulfonamides is 1. The molecule has 36 heavy (non-hydrogen) atoms. The lowest BCUT2D eigenvalue weighted by atomic mass is 10.2. The molecule has 0 unspecified atom stereocenters. The van der Waals surface area contributed by atoms with Crippen LogP contribution in [0.2, 0.25) is 0 Å². The van der Waals surface area contributed by atoms with E-state index >= 15 is 0 Å². The minimum absolute atomic E-state index is 0.00254. The minimum Gasteiger partial charge on any atom is -0.364 e. The first-order valence-electron chi connectivity index (χ1n) is 11.3. The minimum atomic E-state index is -3.33. The molecule has 0 aliphatic heterocycles. The van der Waals surface area contributed by atoms with Gasteiger partial charge in [-0.05, 0) is 25.0 Å². The van der Waals surface area contributed by atoms with Gasteiger partial charge in [0.25, 0.3) is 0 Å². The first-order chi connectivity index (χ1) is 17.3. The normalized spacial score (nSPS) is 13.8. The summed E-state index contributed by atoms with van der Waals surface area (Å²) in [5, 5.41) is 8.16. The molecule has 0 radical (unpaired) electrons. The van der Waals surface area contributed by atoms with Crippen molar-refractivity contribution in [3.8, 4) is 22.9 Å². The van der Waals surface area contributed by atoms with Crippen LogP contribution in [-0.4, -0.2) is 58.7 Å². The van der Waals surface area contributed by atoms with Gasteiger partial charge in [0.15, 0.2) is 17.5 Å². The maximum Gasteiger partial charge on any atom is 0.214 e.